The number of benzene rings is 2. The molecule has 0 saturated carbocycles. The van der Waals surface area contributed by atoms with Crippen LogP contribution in [0, 0.1) is 6.92 Å². The molecule has 1 atom stereocenters. The van der Waals surface area contributed by atoms with E-state index in [0.29, 0.717) is 22.3 Å². The van der Waals surface area contributed by atoms with Crippen LogP contribution in [-0.2, 0) is 0 Å². The van der Waals surface area contributed by atoms with E-state index in [1.54, 1.807) is 6.07 Å². The Balaban J connectivity index is 1.94. The first-order valence-corrected chi connectivity index (χ1v) is 7.65. The minimum Gasteiger partial charge on any atom is -0.486 e. The standard InChI is InChI=1S/C20H16O3/c1-12-7-8-14-11-15(9-10-17(14)22-12)19-13(2)23-18-6-4-3-5-16(18)20(19)21/h3-12H,1-2H3. The van der Waals surface area contributed by atoms with Crippen molar-refractivity contribution in [1.29, 1.82) is 0 Å². The predicted molar refractivity (Wildman–Crippen MR) is 91.8 cm³/mol. The van der Waals surface area contributed by atoms with Crippen molar-refractivity contribution < 1.29 is 9.15 Å². The quantitative estimate of drug-likeness (QED) is 0.661. The van der Waals surface area contributed by atoms with Gasteiger partial charge in [0.25, 0.3) is 0 Å². The van der Waals surface area contributed by atoms with Crippen molar-refractivity contribution in [2.45, 2.75) is 20.0 Å². The molecule has 2 aromatic carbocycles. The van der Waals surface area contributed by atoms with Crippen LogP contribution in [-0.4, -0.2) is 6.10 Å². The molecule has 0 radical (unpaired) electrons. The Morgan fingerprint density at radius 3 is 2.78 bits per heavy atom. The first-order chi connectivity index (χ1) is 11.1. The molecule has 0 fully saturated rings. The Hall–Kier alpha value is -2.81. The van der Waals surface area contributed by atoms with Gasteiger partial charge in [0.05, 0.1) is 10.9 Å². The molecule has 3 aromatic rings. The summed E-state index contributed by atoms with van der Waals surface area (Å²) in [5.74, 6) is 1.47. The van der Waals surface area contributed by atoms with Gasteiger partial charge in [0, 0.05) is 5.56 Å². The van der Waals surface area contributed by atoms with Gasteiger partial charge in [-0.1, -0.05) is 24.3 Å². The Morgan fingerprint density at radius 1 is 1.09 bits per heavy atom. The highest BCUT2D eigenvalue weighted by Gasteiger charge is 2.16. The highest BCUT2D eigenvalue weighted by molar-refractivity contribution is 5.83. The monoisotopic (exact) mass is 304 g/mol. The van der Waals surface area contributed by atoms with E-state index in [0.717, 1.165) is 16.9 Å². The Morgan fingerprint density at radius 2 is 1.91 bits per heavy atom. The van der Waals surface area contributed by atoms with Crippen LogP contribution >= 0.6 is 0 Å². The first kappa shape index (κ1) is 13.8. The second-order valence-electron chi connectivity index (χ2n) is 5.79. The summed E-state index contributed by atoms with van der Waals surface area (Å²) in [4.78, 5) is 12.9. The minimum absolute atomic E-state index is 0.00150. The largest absolute Gasteiger partial charge is 0.486 e. The second kappa shape index (κ2) is 5.13. The maximum Gasteiger partial charge on any atom is 0.200 e. The molecule has 0 saturated heterocycles. The van der Waals surface area contributed by atoms with Gasteiger partial charge in [-0.25, -0.2) is 0 Å². The van der Waals surface area contributed by atoms with Gasteiger partial charge >= 0.3 is 0 Å². The van der Waals surface area contributed by atoms with Crippen molar-refractivity contribution in [1.82, 2.24) is 0 Å². The SMILES string of the molecule is Cc1oc2ccccc2c(=O)c1-c1ccc2c(c1)C=CC(C)O2. The number of hydrogen-bond acceptors (Lipinski definition) is 3. The van der Waals surface area contributed by atoms with E-state index in [4.69, 9.17) is 9.15 Å². The van der Waals surface area contributed by atoms with Crippen LogP contribution in [0.3, 0.4) is 0 Å². The summed E-state index contributed by atoms with van der Waals surface area (Å²) in [7, 11) is 0. The lowest BCUT2D eigenvalue weighted by molar-refractivity contribution is 0.266. The van der Waals surface area contributed by atoms with Crippen molar-refractivity contribution in [2.75, 3.05) is 0 Å². The lowest BCUT2D eigenvalue weighted by Crippen LogP contribution is -2.12. The molecule has 4 rings (SSSR count). The van der Waals surface area contributed by atoms with Gasteiger partial charge in [-0.3, -0.25) is 4.79 Å². The van der Waals surface area contributed by atoms with Crippen LogP contribution in [0.2, 0.25) is 0 Å². The van der Waals surface area contributed by atoms with Crippen molar-refractivity contribution in [3.63, 3.8) is 0 Å². The molecule has 1 unspecified atom stereocenters. The van der Waals surface area contributed by atoms with Crippen molar-refractivity contribution >= 4 is 17.0 Å². The summed E-state index contributed by atoms with van der Waals surface area (Å²) in [6.45, 7) is 3.83. The molecular formula is C20H16O3. The predicted octanol–water partition coefficient (Wildman–Crippen LogP) is 4.56. The first-order valence-electron chi connectivity index (χ1n) is 7.65. The van der Waals surface area contributed by atoms with E-state index in [1.165, 1.54) is 0 Å². The number of ether oxygens (including phenoxy) is 1. The molecule has 0 amide bonds. The van der Waals surface area contributed by atoms with Gasteiger partial charge < -0.3 is 9.15 Å². The van der Waals surface area contributed by atoms with Gasteiger partial charge in [-0.05, 0) is 49.8 Å². The van der Waals surface area contributed by atoms with Crippen LogP contribution in [0.4, 0.5) is 0 Å². The summed E-state index contributed by atoms with van der Waals surface area (Å²) in [5.41, 5.74) is 3.06. The molecule has 23 heavy (non-hydrogen) atoms. The van der Waals surface area contributed by atoms with Crippen molar-refractivity contribution in [2.24, 2.45) is 0 Å². The molecule has 1 aliphatic rings. The molecule has 3 heteroatoms. The van der Waals surface area contributed by atoms with Gasteiger partial charge in [-0.15, -0.1) is 0 Å². The van der Waals surface area contributed by atoms with E-state index in [9.17, 15) is 4.79 Å². The highest BCUT2D eigenvalue weighted by Crippen LogP contribution is 2.32. The molecule has 0 N–H and O–H groups in total. The summed E-state index contributed by atoms with van der Waals surface area (Å²) >= 11 is 0. The Labute approximate surface area is 133 Å². The fraction of sp³-hybridized carbons (Fsp3) is 0.150. The van der Waals surface area contributed by atoms with Gasteiger partial charge in [0.1, 0.15) is 23.2 Å². The normalized spacial score (nSPS) is 16.2. The van der Waals surface area contributed by atoms with Gasteiger partial charge in [0.2, 0.25) is 5.43 Å². The fourth-order valence-electron chi connectivity index (χ4n) is 3.01. The third kappa shape index (κ3) is 2.25. The molecule has 2 heterocycles. The fourth-order valence-corrected chi connectivity index (χ4v) is 3.01. The minimum atomic E-state index is -0.00150. The average Bonchev–Trinajstić information content (AvgIpc) is 2.55. The van der Waals surface area contributed by atoms with Gasteiger partial charge in [0.15, 0.2) is 0 Å². The summed E-state index contributed by atoms with van der Waals surface area (Å²) < 4.78 is 11.6. The maximum atomic E-state index is 12.9. The number of aryl methyl sites for hydroxylation is 1. The van der Waals surface area contributed by atoms with E-state index in [2.05, 4.69) is 0 Å². The smallest absolute Gasteiger partial charge is 0.200 e. The lowest BCUT2D eigenvalue weighted by atomic mass is 9.99. The van der Waals surface area contributed by atoms with Gasteiger partial charge in [-0.2, -0.15) is 0 Å². The molecule has 1 aliphatic heterocycles. The zero-order valence-electron chi connectivity index (χ0n) is 13.0. The van der Waals surface area contributed by atoms with Crippen molar-refractivity contribution in [3.05, 3.63) is 70.1 Å². The van der Waals surface area contributed by atoms with E-state index >= 15 is 0 Å². The van der Waals surface area contributed by atoms with Crippen LogP contribution < -0.4 is 10.2 Å². The van der Waals surface area contributed by atoms with Crippen molar-refractivity contribution in [3.8, 4) is 16.9 Å². The Bertz CT molecular complexity index is 995. The van der Waals surface area contributed by atoms with Crippen LogP contribution in [0.25, 0.3) is 28.2 Å². The van der Waals surface area contributed by atoms with Crippen LogP contribution in [0.5, 0.6) is 5.75 Å². The maximum absolute atomic E-state index is 12.9. The van der Waals surface area contributed by atoms with Crippen LogP contribution in [0.1, 0.15) is 18.2 Å². The number of rotatable bonds is 1. The number of fused-ring (bicyclic) bond motifs is 2. The zero-order valence-corrected chi connectivity index (χ0v) is 13.0. The molecule has 0 spiro atoms. The molecular weight excluding hydrogens is 288 g/mol. The topological polar surface area (TPSA) is 39.4 Å². The molecule has 0 bridgehead atoms. The highest BCUT2D eigenvalue weighted by atomic mass is 16.5. The molecule has 3 nitrogen and oxygen atoms in total. The van der Waals surface area contributed by atoms with E-state index < -0.39 is 0 Å². The summed E-state index contributed by atoms with van der Waals surface area (Å²) in [5, 5.41) is 0.603. The summed E-state index contributed by atoms with van der Waals surface area (Å²) in [6, 6.07) is 13.1. The zero-order chi connectivity index (χ0) is 16.0. The molecule has 1 aromatic heterocycles. The lowest BCUT2D eigenvalue weighted by Gasteiger charge is -2.19. The molecule has 114 valence electrons. The number of para-hydroxylation sites is 1. The van der Waals surface area contributed by atoms with E-state index in [-0.39, 0.29) is 11.5 Å². The van der Waals surface area contributed by atoms with E-state index in [1.807, 2.05) is 62.4 Å². The second-order valence-corrected chi connectivity index (χ2v) is 5.79. The average molecular weight is 304 g/mol. The third-order valence-corrected chi connectivity index (χ3v) is 4.13. The summed E-state index contributed by atoms with van der Waals surface area (Å²) in [6.07, 6.45) is 4.10. The number of hydrogen-bond donors (Lipinski definition) is 0. The third-order valence-electron chi connectivity index (χ3n) is 4.13. The van der Waals surface area contributed by atoms with Crippen LogP contribution in [0.15, 0.2) is 57.8 Å². The molecule has 0 aliphatic carbocycles. The Kier molecular flexibility index (Phi) is 3.08.